The molecule has 1 heterocycles. The van der Waals surface area contributed by atoms with Gasteiger partial charge < -0.3 is 28.8 Å². The highest BCUT2D eigenvalue weighted by Crippen LogP contribution is 2.29. The van der Waals surface area contributed by atoms with Gasteiger partial charge in [-0.25, -0.2) is 14.4 Å². The average molecular weight is 535 g/mol. The Morgan fingerprint density at radius 3 is 1.54 bits per heavy atom. The maximum Gasteiger partial charge on any atom is 0.338 e. The van der Waals surface area contributed by atoms with Crippen LogP contribution in [-0.4, -0.2) is 66.3 Å². The van der Waals surface area contributed by atoms with E-state index in [9.17, 15) is 24.3 Å². The van der Waals surface area contributed by atoms with Gasteiger partial charge in [-0.3, -0.25) is 4.79 Å². The Hall–Kier alpha value is -4.54. The molecule has 5 atom stereocenters. The van der Waals surface area contributed by atoms with Crippen LogP contribution in [0.15, 0.2) is 91.0 Å². The van der Waals surface area contributed by atoms with Crippen molar-refractivity contribution in [1.82, 2.24) is 0 Å². The minimum atomic E-state index is -1.81. The van der Waals surface area contributed by atoms with Crippen LogP contribution in [0.3, 0.4) is 0 Å². The van der Waals surface area contributed by atoms with E-state index in [1.807, 2.05) is 0 Å². The van der Waals surface area contributed by atoms with Gasteiger partial charge in [0.15, 0.2) is 24.6 Å². The molecule has 0 radical (unpaired) electrons. The summed E-state index contributed by atoms with van der Waals surface area (Å²) in [6.07, 6.45) is -7.59. The number of esters is 4. The summed E-state index contributed by atoms with van der Waals surface area (Å²) in [5.41, 5.74) is 0.615. The minimum Gasteiger partial charge on any atom is -0.459 e. The fourth-order valence-electron chi connectivity index (χ4n) is 3.97. The predicted molar refractivity (Wildman–Crippen MR) is 134 cm³/mol. The highest BCUT2D eigenvalue weighted by Gasteiger charge is 2.52. The van der Waals surface area contributed by atoms with Gasteiger partial charge in [0, 0.05) is 6.92 Å². The van der Waals surface area contributed by atoms with Crippen LogP contribution >= 0.6 is 0 Å². The Labute approximate surface area is 224 Å². The van der Waals surface area contributed by atoms with Crippen molar-refractivity contribution in [3.05, 3.63) is 108 Å². The zero-order chi connectivity index (χ0) is 27.8. The maximum absolute atomic E-state index is 13.0. The highest BCUT2D eigenvalue weighted by molar-refractivity contribution is 5.90. The second-order valence-corrected chi connectivity index (χ2v) is 8.58. The van der Waals surface area contributed by atoms with Crippen molar-refractivity contribution in [1.29, 1.82) is 0 Å². The summed E-state index contributed by atoms with van der Waals surface area (Å²) in [6, 6.07) is 24.1. The first-order valence-corrected chi connectivity index (χ1v) is 12.1. The summed E-state index contributed by atoms with van der Waals surface area (Å²) in [5, 5.41) is 10.8. The normalized spacial score (nSPS) is 22.3. The lowest BCUT2D eigenvalue weighted by atomic mass is 9.98. The molecule has 0 aromatic heterocycles. The van der Waals surface area contributed by atoms with Gasteiger partial charge in [0.25, 0.3) is 0 Å². The summed E-state index contributed by atoms with van der Waals surface area (Å²) >= 11 is 0. The molecule has 39 heavy (non-hydrogen) atoms. The molecule has 1 aliphatic heterocycles. The Bertz CT molecular complexity index is 1280. The molecule has 0 unspecified atom stereocenters. The first kappa shape index (κ1) is 27.5. The lowest BCUT2D eigenvalue weighted by Gasteiger charge is -2.42. The van der Waals surface area contributed by atoms with Crippen LogP contribution in [0, 0.1) is 0 Å². The number of carbonyl (C=O) groups is 4. The molecule has 1 aliphatic rings. The van der Waals surface area contributed by atoms with Gasteiger partial charge in [-0.1, -0.05) is 54.6 Å². The Balaban J connectivity index is 1.61. The standard InChI is InChI=1S/C29H26O10/c1-18(30)36-24-23(38-27(32)20-13-7-3-8-14-20)22(17-35-26(31)19-11-5-2-6-12-19)37-29(34)25(24)39-28(33)21-15-9-4-10-16-21/h2-16,22-25,29,34H,17H2,1H3/t22-,23-,24+,25-,29-/m1/s1. The van der Waals surface area contributed by atoms with Gasteiger partial charge in [-0.05, 0) is 36.4 Å². The van der Waals surface area contributed by atoms with E-state index in [2.05, 4.69) is 0 Å². The van der Waals surface area contributed by atoms with Gasteiger partial charge in [0.1, 0.15) is 12.7 Å². The molecule has 3 aromatic carbocycles. The third-order valence-electron chi connectivity index (χ3n) is 5.80. The zero-order valence-corrected chi connectivity index (χ0v) is 20.9. The molecule has 0 amide bonds. The van der Waals surface area contributed by atoms with Crippen LogP contribution in [0.4, 0.5) is 0 Å². The molecule has 1 N–H and O–H groups in total. The molecule has 4 rings (SSSR count). The lowest BCUT2D eigenvalue weighted by molar-refractivity contribution is -0.287. The highest BCUT2D eigenvalue weighted by atomic mass is 16.7. The second kappa shape index (κ2) is 12.8. The van der Waals surface area contributed by atoms with E-state index >= 15 is 0 Å². The van der Waals surface area contributed by atoms with E-state index in [-0.39, 0.29) is 16.7 Å². The number of ether oxygens (including phenoxy) is 5. The van der Waals surface area contributed by atoms with Crippen molar-refractivity contribution in [2.45, 2.75) is 37.6 Å². The van der Waals surface area contributed by atoms with Gasteiger partial charge in [0.05, 0.1) is 16.7 Å². The van der Waals surface area contributed by atoms with Crippen molar-refractivity contribution in [2.24, 2.45) is 0 Å². The van der Waals surface area contributed by atoms with Crippen molar-refractivity contribution < 1.29 is 48.0 Å². The van der Waals surface area contributed by atoms with E-state index < -0.39 is 61.2 Å². The maximum atomic E-state index is 13.0. The topological polar surface area (TPSA) is 135 Å². The number of benzene rings is 3. The molecule has 1 fully saturated rings. The minimum absolute atomic E-state index is 0.169. The van der Waals surface area contributed by atoms with E-state index in [1.165, 1.54) is 24.3 Å². The van der Waals surface area contributed by atoms with Gasteiger partial charge >= 0.3 is 23.9 Å². The van der Waals surface area contributed by atoms with Crippen molar-refractivity contribution >= 4 is 23.9 Å². The van der Waals surface area contributed by atoms with Crippen LogP contribution < -0.4 is 0 Å². The van der Waals surface area contributed by atoms with Crippen LogP contribution in [0.5, 0.6) is 0 Å². The van der Waals surface area contributed by atoms with Crippen LogP contribution in [0.1, 0.15) is 38.0 Å². The average Bonchev–Trinajstić information content (AvgIpc) is 2.96. The van der Waals surface area contributed by atoms with E-state index in [0.717, 1.165) is 6.92 Å². The number of aliphatic hydroxyl groups is 1. The summed E-state index contributed by atoms with van der Waals surface area (Å²) in [4.78, 5) is 50.4. The van der Waals surface area contributed by atoms with E-state index in [0.29, 0.717) is 0 Å². The summed E-state index contributed by atoms with van der Waals surface area (Å²) in [7, 11) is 0. The van der Waals surface area contributed by atoms with Gasteiger partial charge in [0.2, 0.25) is 0 Å². The number of aliphatic hydroxyl groups excluding tert-OH is 1. The first-order chi connectivity index (χ1) is 18.8. The zero-order valence-electron chi connectivity index (χ0n) is 20.9. The molecular formula is C29H26O10. The van der Waals surface area contributed by atoms with Crippen molar-refractivity contribution in [3.8, 4) is 0 Å². The molecule has 1 saturated heterocycles. The fraction of sp³-hybridized carbons (Fsp3) is 0.241. The molecule has 202 valence electrons. The van der Waals surface area contributed by atoms with Gasteiger partial charge in [-0.15, -0.1) is 0 Å². The molecule has 10 heteroatoms. The molecule has 0 spiro atoms. The largest absolute Gasteiger partial charge is 0.459 e. The number of hydrogen-bond acceptors (Lipinski definition) is 10. The Morgan fingerprint density at radius 2 is 1.08 bits per heavy atom. The molecule has 10 nitrogen and oxygen atoms in total. The predicted octanol–water partition coefficient (Wildman–Crippen LogP) is 2.94. The molecular weight excluding hydrogens is 508 g/mol. The van der Waals surface area contributed by atoms with Gasteiger partial charge in [-0.2, -0.15) is 0 Å². The summed E-state index contributed by atoms with van der Waals surface area (Å²) in [5.74, 6) is -3.12. The van der Waals surface area contributed by atoms with Crippen molar-refractivity contribution in [2.75, 3.05) is 6.61 Å². The molecule has 0 saturated carbocycles. The Morgan fingerprint density at radius 1 is 0.641 bits per heavy atom. The smallest absolute Gasteiger partial charge is 0.338 e. The molecule has 0 aliphatic carbocycles. The summed E-state index contributed by atoms with van der Waals surface area (Å²) < 4.78 is 27.5. The monoisotopic (exact) mass is 534 g/mol. The molecule has 3 aromatic rings. The number of hydrogen-bond donors (Lipinski definition) is 1. The van der Waals surface area contributed by atoms with Crippen LogP contribution in [0.2, 0.25) is 0 Å². The first-order valence-electron chi connectivity index (χ1n) is 12.1. The van der Waals surface area contributed by atoms with Crippen LogP contribution in [-0.2, 0) is 28.5 Å². The van der Waals surface area contributed by atoms with Crippen LogP contribution in [0.25, 0.3) is 0 Å². The fourth-order valence-corrected chi connectivity index (χ4v) is 3.97. The third kappa shape index (κ3) is 7.07. The van der Waals surface area contributed by atoms with E-state index in [1.54, 1.807) is 66.7 Å². The lowest BCUT2D eigenvalue weighted by Crippen LogP contribution is -2.62. The van der Waals surface area contributed by atoms with Crippen molar-refractivity contribution in [3.63, 3.8) is 0 Å². The van der Waals surface area contributed by atoms with E-state index in [4.69, 9.17) is 23.7 Å². The second-order valence-electron chi connectivity index (χ2n) is 8.58. The Kier molecular flexibility index (Phi) is 9.03. The third-order valence-corrected chi connectivity index (χ3v) is 5.80. The number of carbonyl (C=O) groups excluding carboxylic acids is 4. The number of rotatable bonds is 8. The summed E-state index contributed by atoms with van der Waals surface area (Å²) in [6.45, 7) is 0.632. The molecule has 0 bridgehead atoms. The SMILES string of the molecule is CC(=O)O[C@@H]1[C@@H](OC(=O)c2ccccc2)[C@H](O)O[C@H](COC(=O)c2ccccc2)[C@H]1OC(=O)c1ccccc1. The quantitative estimate of drug-likeness (QED) is 0.339.